The lowest BCUT2D eigenvalue weighted by atomic mass is 9.78. The van der Waals surface area contributed by atoms with E-state index >= 15 is 0 Å². The van der Waals surface area contributed by atoms with Crippen LogP contribution in [0.1, 0.15) is 40.5 Å². The Bertz CT molecular complexity index is 224. The molecule has 1 aliphatic heterocycles. The van der Waals surface area contributed by atoms with E-state index in [1.54, 1.807) is 0 Å². The third-order valence-corrected chi connectivity index (χ3v) is 4.54. The highest BCUT2D eigenvalue weighted by atomic mass is 16.5. The van der Waals surface area contributed by atoms with E-state index in [2.05, 4.69) is 38.3 Å². The molecule has 1 unspecified atom stereocenters. The molecule has 3 nitrogen and oxygen atoms in total. The van der Waals surface area contributed by atoms with Crippen molar-refractivity contribution >= 4 is 0 Å². The van der Waals surface area contributed by atoms with Crippen LogP contribution in [0.2, 0.25) is 0 Å². The summed E-state index contributed by atoms with van der Waals surface area (Å²) in [5.74, 6) is 0.693. The van der Waals surface area contributed by atoms with Crippen LogP contribution in [-0.2, 0) is 4.74 Å². The smallest absolute Gasteiger partial charge is 0.0531 e. The first-order chi connectivity index (χ1) is 8.40. The molecule has 18 heavy (non-hydrogen) atoms. The van der Waals surface area contributed by atoms with Gasteiger partial charge in [-0.1, -0.05) is 27.7 Å². The van der Waals surface area contributed by atoms with Crippen LogP contribution in [0, 0.1) is 16.7 Å². The summed E-state index contributed by atoms with van der Waals surface area (Å²) in [4.78, 5) is 0. The summed E-state index contributed by atoms with van der Waals surface area (Å²) in [6.07, 6.45) is 2.44. The van der Waals surface area contributed by atoms with Gasteiger partial charge in [0, 0.05) is 19.1 Å². The molecule has 0 aromatic heterocycles. The van der Waals surface area contributed by atoms with Gasteiger partial charge in [-0.05, 0) is 43.8 Å². The Labute approximate surface area is 113 Å². The van der Waals surface area contributed by atoms with E-state index in [1.165, 1.54) is 12.8 Å². The quantitative estimate of drug-likeness (QED) is 0.765. The topological polar surface area (TPSA) is 33.3 Å². The summed E-state index contributed by atoms with van der Waals surface area (Å²) in [7, 11) is 1.82. The van der Waals surface area contributed by atoms with Gasteiger partial charge in [0.05, 0.1) is 6.61 Å². The molecule has 2 N–H and O–H groups in total. The molecule has 1 heterocycles. The first kappa shape index (κ1) is 15.9. The van der Waals surface area contributed by atoms with E-state index in [1.807, 2.05) is 7.11 Å². The summed E-state index contributed by atoms with van der Waals surface area (Å²) < 4.78 is 5.44. The van der Waals surface area contributed by atoms with E-state index in [0.717, 1.165) is 32.8 Å². The Morgan fingerprint density at radius 2 is 1.89 bits per heavy atom. The monoisotopic (exact) mass is 256 g/mol. The highest BCUT2D eigenvalue weighted by Crippen LogP contribution is 2.29. The predicted octanol–water partition coefficient (Wildman–Crippen LogP) is 2.27. The van der Waals surface area contributed by atoms with Crippen LogP contribution in [0.4, 0.5) is 0 Å². The highest BCUT2D eigenvalue weighted by Gasteiger charge is 2.32. The highest BCUT2D eigenvalue weighted by molar-refractivity contribution is 4.87. The molecule has 3 heteroatoms. The van der Waals surface area contributed by atoms with E-state index in [0.29, 0.717) is 16.7 Å². The normalized spacial score (nSPS) is 21.8. The Morgan fingerprint density at radius 1 is 1.28 bits per heavy atom. The summed E-state index contributed by atoms with van der Waals surface area (Å²) in [5.41, 5.74) is 0.729. The summed E-state index contributed by atoms with van der Waals surface area (Å²) in [6.45, 7) is 14.6. The van der Waals surface area contributed by atoms with Gasteiger partial charge in [-0.15, -0.1) is 0 Å². The summed E-state index contributed by atoms with van der Waals surface area (Å²) in [6, 6.07) is 0. The molecular formula is C15H32N2O. The molecule has 0 aliphatic carbocycles. The standard InChI is InChI=1S/C15H32N2O/c1-13(14(2,3)4)10-17-11-15(12-18-5)6-8-16-9-7-15/h13,16-17H,6-12H2,1-5H3. The van der Waals surface area contributed by atoms with Crippen LogP contribution in [0.15, 0.2) is 0 Å². The lowest BCUT2D eigenvalue weighted by Gasteiger charge is -2.38. The van der Waals surface area contributed by atoms with Gasteiger partial charge in [-0.25, -0.2) is 0 Å². The Morgan fingerprint density at radius 3 is 2.39 bits per heavy atom. The molecule has 1 saturated heterocycles. The second-order valence-corrected chi connectivity index (χ2v) is 7.08. The van der Waals surface area contributed by atoms with Gasteiger partial charge >= 0.3 is 0 Å². The molecule has 1 fully saturated rings. The molecule has 0 saturated carbocycles. The molecule has 108 valence electrons. The number of piperidine rings is 1. The largest absolute Gasteiger partial charge is 0.384 e. The zero-order valence-corrected chi connectivity index (χ0v) is 12.9. The molecule has 0 bridgehead atoms. The van der Waals surface area contributed by atoms with Gasteiger partial charge in [0.25, 0.3) is 0 Å². The number of rotatable bonds is 6. The maximum Gasteiger partial charge on any atom is 0.0531 e. The second kappa shape index (κ2) is 6.88. The van der Waals surface area contributed by atoms with Crippen LogP contribution < -0.4 is 10.6 Å². The lowest BCUT2D eigenvalue weighted by Crippen LogP contribution is -2.47. The Balaban J connectivity index is 2.38. The molecule has 1 aliphatic rings. The zero-order chi connectivity index (χ0) is 13.6. The van der Waals surface area contributed by atoms with Gasteiger partial charge < -0.3 is 15.4 Å². The first-order valence-electron chi connectivity index (χ1n) is 7.30. The van der Waals surface area contributed by atoms with Crippen molar-refractivity contribution in [2.24, 2.45) is 16.7 Å². The SMILES string of the molecule is COCC1(CNCC(C)C(C)(C)C)CCNCC1. The zero-order valence-electron chi connectivity index (χ0n) is 12.9. The molecule has 0 amide bonds. The van der Waals surface area contributed by atoms with Crippen molar-refractivity contribution in [3.8, 4) is 0 Å². The maximum atomic E-state index is 5.44. The minimum Gasteiger partial charge on any atom is -0.384 e. The van der Waals surface area contributed by atoms with Crippen molar-refractivity contribution in [3.63, 3.8) is 0 Å². The number of nitrogens with one attached hydrogen (secondary N) is 2. The molecular weight excluding hydrogens is 224 g/mol. The van der Waals surface area contributed by atoms with Crippen molar-refractivity contribution < 1.29 is 4.74 Å². The second-order valence-electron chi connectivity index (χ2n) is 7.08. The summed E-state index contributed by atoms with van der Waals surface area (Å²) in [5, 5.41) is 7.12. The van der Waals surface area contributed by atoms with Crippen molar-refractivity contribution in [1.82, 2.24) is 10.6 Å². The van der Waals surface area contributed by atoms with Crippen LogP contribution in [-0.4, -0.2) is 39.9 Å². The Hall–Kier alpha value is -0.120. The van der Waals surface area contributed by atoms with Crippen molar-refractivity contribution in [1.29, 1.82) is 0 Å². The van der Waals surface area contributed by atoms with Crippen LogP contribution >= 0.6 is 0 Å². The van der Waals surface area contributed by atoms with Gasteiger partial charge in [0.15, 0.2) is 0 Å². The van der Waals surface area contributed by atoms with E-state index in [9.17, 15) is 0 Å². The van der Waals surface area contributed by atoms with Gasteiger partial charge in [0.2, 0.25) is 0 Å². The number of methoxy groups -OCH3 is 1. The third-order valence-electron chi connectivity index (χ3n) is 4.54. The van der Waals surface area contributed by atoms with Gasteiger partial charge in [-0.3, -0.25) is 0 Å². The minimum absolute atomic E-state index is 0.345. The molecule has 0 aromatic carbocycles. The third kappa shape index (κ3) is 4.87. The average molecular weight is 256 g/mol. The van der Waals surface area contributed by atoms with Crippen LogP contribution in [0.3, 0.4) is 0 Å². The van der Waals surface area contributed by atoms with Crippen molar-refractivity contribution in [2.75, 3.05) is 39.9 Å². The van der Waals surface area contributed by atoms with Crippen molar-refractivity contribution in [2.45, 2.75) is 40.5 Å². The van der Waals surface area contributed by atoms with Gasteiger partial charge in [0.1, 0.15) is 0 Å². The fourth-order valence-electron chi connectivity index (χ4n) is 2.50. The fraction of sp³-hybridized carbons (Fsp3) is 1.00. The van der Waals surface area contributed by atoms with E-state index < -0.39 is 0 Å². The molecule has 1 rings (SSSR count). The number of hydrogen-bond acceptors (Lipinski definition) is 3. The number of ether oxygens (including phenoxy) is 1. The van der Waals surface area contributed by atoms with Crippen molar-refractivity contribution in [3.05, 3.63) is 0 Å². The lowest BCUT2D eigenvalue weighted by molar-refractivity contribution is 0.0519. The molecule has 0 spiro atoms. The number of hydrogen-bond donors (Lipinski definition) is 2. The van der Waals surface area contributed by atoms with E-state index in [-0.39, 0.29) is 0 Å². The molecule has 1 atom stereocenters. The minimum atomic E-state index is 0.345. The predicted molar refractivity (Wildman–Crippen MR) is 77.9 cm³/mol. The maximum absolute atomic E-state index is 5.44. The Kier molecular flexibility index (Phi) is 6.09. The van der Waals surface area contributed by atoms with Gasteiger partial charge in [-0.2, -0.15) is 0 Å². The molecule has 0 aromatic rings. The van der Waals surface area contributed by atoms with E-state index in [4.69, 9.17) is 4.74 Å². The van der Waals surface area contributed by atoms with Crippen LogP contribution in [0.25, 0.3) is 0 Å². The fourth-order valence-corrected chi connectivity index (χ4v) is 2.50. The van der Waals surface area contributed by atoms with Crippen LogP contribution in [0.5, 0.6) is 0 Å². The first-order valence-corrected chi connectivity index (χ1v) is 7.30. The summed E-state index contributed by atoms with van der Waals surface area (Å²) >= 11 is 0. The average Bonchev–Trinajstić information content (AvgIpc) is 2.29. The molecule has 0 radical (unpaired) electrons.